The van der Waals surface area contributed by atoms with Crippen LogP contribution in [0, 0.1) is 12.3 Å². The molecule has 5 nitrogen and oxygen atoms in total. The highest BCUT2D eigenvalue weighted by Crippen LogP contribution is 2.18. The van der Waals surface area contributed by atoms with E-state index in [1.54, 1.807) is 25.1 Å². The van der Waals surface area contributed by atoms with Gasteiger partial charge in [0.25, 0.3) is 0 Å². The number of nitrogen functional groups attached to an aromatic ring is 1. The van der Waals surface area contributed by atoms with Crippen molar-refractivity contribution in [2.24, 2.45) is 5.73 Å². The molecule has 0 saturated carbocycles. The van der Waals surface area contributed by atoms with E-state index in [1.807, 2.05) is 0 Å². The molecular weight excluding hydrogens is 196 g/mol. The Balaban J connectivity index is 2.83. The van der Waals surface area contributed by atoms with Crippen molar-refractivity contribution in [3.8, 4) is 5.75 Å². The van der Waals surface area contributed by atoms with Gasteiger partial charge in [-0.05, 0) is 30.7 Å². The van der Waals surface area contributed by atoms with Crippen molar-refractivity contribution in [3.63, 3.8) is 0 Å². The van der Waals surface area contributed by atoms with Crippen LogP contribution in [0.4, 0.5) is 0 Å². The van der Waals surface area contributed by atoms with Crippen molar-refractivity contribution >= 4 is 11.8 Å². The van der Waals surface area contributed by atoms with E-state index < -0.39 is 5.97 Å². The lowest BCUT2D eigenvalue weighted by Gasteiger charge is -2.08. The molecule has 80 valence electrons. The first kappa shape index (κ1) is 11.0. The van der Waals surface area contributed by atoms with Crippen LogP contribution in [-0.4, -0.2) is 23.5 Å². The van der Waals surface area contributed by atoms with E-state index in [4.69, 9.17) is 21.0 Å². The summed E-state index contributed by atoms with van der Waals surface area (Å²) in [5.41, 5.74) is 6.65. The van der Waals surface area contributed by atoms with Crippen molar-refractivity contribution in [2.45, 2.75) is 6.92 Å². The largest absolute Gasteiger partial charge is 0.482 e. The Kier molecular flexibility index (Phi) is 3.28. The lowest BCUT2D eigenvalue weighted by atomic mass is 10.1. The van der Waals surface area contributed by atoms with E-state index in [1.165, 1.54) is 0 Å². The maximum atomic E-state index is 10.3. The van der Waals surface area contributed by atoms with E-state index in [0.717, 1.165) is 5.56 Å². The maximum absolute atomic E-state index is 10.3. The molecule has 5 heteroatoms. The van der Waals surface area contributed by atoms with Crippen LogP contribution in [0.5, 0.6) is 5.75 Å². The first-order chi connectivity index (χ1) is 7.00. The molecule has 0 fully saturated rings. The molecule has 0 atom stereocenters. The average Bonchev–Trinajstić information content (AvgIpc) is 2.15. The van der Waals surface area contributed by atoms with Gasteiger partial charge in [0, 0.05) is 5.56 Å². The first-order valence-electron chi connectivity index (χ1n) is 4.30. The predicted octanol–water partition coefficient (Wildman–Crippen LogP) is 0.742. The van der Waals surface area contributed by atoms with Crippen molar-refractivity contribution in [2.75, 3.05) is 6.61 Å². The molecular formula is C10H12N2O3. The molecule has 0 bridgehead atoms. The van der Waals surface area contributed by atoms with Crippen LogP contribution in [0.25, 0.3) is 0 Å². The van der Waals surface area contributed by atoms with E-state index in [-0.39, 0.29) is 12.4 Å². The fraction of sp³-hybridized carbons (Fsp3) is 0.200. The number of nitrogens with two attached hydrogens (primary N) is 1. The zero-order valence-electron chi connectivity index (χ0n) is 8.28. The average molecular weight is 208 g/mol. The van der Waals surface area contributed by atoms with Crippen LogP contribution >= 0.6 is 0 Å². The van der Waals surface area contributed by atoms with Crippen LogP contribution < -0.4 is 10.5 Å². The Morgan fingerprint density at radius 2 is 2.27 bits per heavy atom. The number of ether oxygens (including phenoxy) is 1. The Hall–Kier alpha value is -2.04. The topological polar surface area (TPSA) is 96.4 Å². The number of benzene rings is 1. The SMILES string of the molecule is Cc1cc(C(=N)N)ccc1OCC(=O)O. The number of carboxylic acids is 1. The minimum absolute atomic E-state index is 0.0251. The Labute approximate surface area is 87.0 Å². The smallest absolute Gasteiger partial charge is 0.341 e. The third-order valence-electron chi connectivity index (χ3n) is 1.84. The molecule has 4 N–H and O–H groups in total. The van der Waals surface area contributed by atoms with Gasteiger partial charge in [-0.3, -0.25) is 5.41 Å². The lowest BCUT2D eigenvalue weighted by Crippen LogP contribution is -2.12. The summed E-state index contributed by atoms with van der Waals surface area (Å²) in [5, 5.41) is 15.6. The molecule has 0 unspecified atom stereocenters. The number of hydrogen-bond donors (Lipinski definition) is 3. The molecule has 0 heterocycles. The van der Waals surface area contributed by atoms with Crippen LogP contribution in [-0.2, 0) is 4.79 Å². The van der Waals surface area contributed by atoms with Gasteiger partial charge >= 0.3 is 5.97 Å². The second-order valence-electron chi connectivity index (χ2n) is 3.08. The summed E-state index contributed by atoms with van der Waals surface area (Å²) in [6, 6.07) is 4.90. The van der Waals surface area contributed by atoms with E-state index in [0.29, 0.717) is 11.3 Å². The molecule has 1 aromatic rings. The highest BCUT2D eigenvalue weighted by molar-refractivity contribution is 5.95. The highest BCUT2D eigenvalue weighted by atomic mass is 16.5. The van der Waals surface area contributed by atoms with Crippen LogP contribution in [0.3, 0.4) is 0 Å². The number of nitrogens with one attached hydrogen (secondary N) is 1. The first-order valence-corrected chi connectivity index (χ1v) is 4.30. The fourth-order valence-corrected chi connectivity index (χ4v) is 1.12. The second-order valence-corrected chi connectivity index (χ2v) is 3.08. The summed E-state index contributed by atoms with van der Waals surface area (Å²) in [6.45, 7) is 1.39. The normalized spacial score (nSPS) is 9.67. The Morgan fingerprint density at radius 3 is 2.73 bits per heavy atom. The van der Waals surface area contributed by atoms with Crippen molar-refractivity contribution in [3.05, 3.63) is 29.3 Å². The summed E-state index contributed by atoms with van der Waals surface area (Å²) in [4.78, 5) is 10.3. The number of carbonyl (C=O) groups is 1. The summed E-state index contributed by atoms with van der Waals surface area (Å²) in [7, 11) is 0. The molecule has 0 aliphatic carbocycles. The summed E-state index contributed by atoms with van der Waals surface area (Å²) in [5.74, 6) is -0.560. The molecule has 0 saturated heterocycles. The Bertz CT molecular complexity index is 402. The van der Waals surface area contributed by atoms with Crippen molar-refractivity contribution in [1.29, 1.82) is 5.41 Å². The highest BCUT2D eigenvalue weighted by Gasteiger charge is 2.04. The number of carboxylic acid groups (broad SMARTS) is 1. The minimum atomic E-state index is -1.02. The van der Waals surface area contributed by atoms with Gasteiger partial charge < -0.3 is 15.6 Å². The molecule has 0 radical (unpaired) electrons. The summed E-state index contributed by atoms with van der Waals surface area (Å²) < 4.78 is 5.02. The van der Waals surface area contributed by atoms with Gasteiger partial charge in [-0.1, -0.05) is 0 Å². The standard InChI is InChI=1S/C10H12N2O3/c1-6-4-7(10(11)12)2-3-8(6)15-5-9(13)14/h2-4H,5H2,1H3,(H3,11,12)(H,13,14). The molecule has 1 rings (SSSR count). The van der Waals surface area contributed by atoms with E-state index in [2.05, 4.69) is 0 Å². The molecule has 0 spiro atoms. The minimum Gasteiger partial charge on any atom is -0.482 e. The quantitative estimate of drug-likeness (QED) is 0.502. The number of aryl methyl sites for hydroxylation is 1. The number of hydrogen-bond acceptors (Lipinski definition) is 3. The van der Waals surface area contributed by atoms with E-state index >= 15 is 0 Å². The van der Waals surface area contributed by atoms with Gasteiger partial charge in [0.1, 0.15) is 11.6 Å². The zero-order valence-corrected chi connectivity index (χ0v) is 8.28. The number of rotatable bonds is 4. The third-order valence-corrected chi connectivity index (χ3v) is 1.84. The zero-order chi connectivity index (χ0) is 11.4. The monoisotopic (exact) mass is 208 g/mol. The van der Waals surface area contributed by atoms with Gasteiger partial charge in [0.2, 0.25) is 0 Å². The third kappa shape index (κ3) is 2.98. The van der Waals surface area contributed by atoms with Crippen molar-refractivity contribution < 1.29 is 14.6 Å². The second kappa shape index (κ2) is 4.45. The molecule has 15 heavy (non-hydrogen) atoms. The number of amidine groups is 1. The summed E-state index contributed by atoms with van der Waals surface area (Å²) >= 11 is 0. The summed E-state index contributed by atoms with van der Waals surface area (Å²) in [6.07, 6.45) is 0. The van der Waals surface area contributed by atoms with Crippen LogP contribution in [0.15, 0.2) is 18.2 Å². The molecule has 0 aliphatic heterocycles. The van der Waals surface area contributed by atoms with Gasteiger partial charge in [-0.25, -0.2) is 4.79 Å². The lowest BCUT2D eigenvalue weighted by molar-refractivity contribution is -0.139. The van der Waals surface area contributed by atoms with Gasteiger partial charge in [0.15, 0.2) is 6.61 Å². The fourth-order valence-electron chi connectivity index (χ4n) is 1.12. The molecule has 1 aromatic carbocycles. The Morgan fingerprint density at radius 1 is 1.60 bits per heavy atom. The van der Waals surface area contributed by atoms with Crippen LogP contribution in [0.1, 0.15) is 11.1 Å². The predicted molar refractivity (Wildman–Crippen MR) is 55.3 cm³/mol. The van der Waals surface area contributed by atoms with Crippen molar-refractivity contribution in [1.82, 2.24) is 0 Å². The van der Waals surface area contributed by atoms with Gasteiger partial charge in [-0.15, -0.1) is 0 Å². The maximum Gasteiger partial charge on any atom is 0.341 e. The molecule has 0 aliphatic rings. The van der Waals surface area contributed by atoms with Gasteiger partial charge in [0.05, 0.1) is 0 Å². The van der Waals surface area contributed by atoms with Gasteiger partial charge in [-0.2, -0.15) is 0 Å². The van der Waals surface area contributed by atoms with Crippen LogP contribution in [0.2, 0.25) is 0 Å². The van der Waals surface area contributed by atoms with E-state index in [9.17, 15) is 4.79 Å². The molecule has 0 aromatic heterocycles. The number of aliphatic carboxylic acids is 1. The molecule has 0 amide bonds.